The van der Waals surface area contributed by atoms with E-state index in [4.69, 9.17) is 52.1 Å². The van der Waals surface area contributed by atoms with Crippen molar-refractivity contribution in [2.24, 2.45) is 25.9 Å². The third kappa shape index (κ3) is 16.0. The van der Waals surface area contributed by atoms with Gasteiger partial charge in [-0.3, -0.25) is 0 Å². The van der Waals surface area contributed by atoms with Gasteiger partial charge in [0.05, 0.1) is 64.2 Å². The number of carbonyl (C=O) groups is 4. The number of methoxy groups -OCH3 is 2. The molecule has 2 unspecified atom stereocenters. The van der Waals surface area contributed by atoms with E-state index in [2.05, 4.69) is 9.97 Å². The van der Waals surface area contributed by atoms with Gasteiger partial charge in [0.15, 0.2) is 25.2 Å². The van der Waals surface area contributed by atoms with E-state index in [-0.39, 0.29) is 42.3 Å². The molecule has 0 saturated carbocycles. The van der Waals surface area contributed by atoms with Crippen LogP contribution in [-0.4, -0.2) is 141 Å². The Bertz CT molecular complexity index is 3490. The summed E-state index contributed by atoms with van der Waals surface area (Å²) < 4.78 is 68.3. The van der Waals surface area contributed by atoms with Gasteiger partial charge in [0.1, 0.15) is 53.1 Å². The van der Waals surface area contributed by atoms with E-state index in [1.807, 2.05) is 83.6 Å². The van der Waals surface area contributed by atoms with Crippen LogP contribution in [0.25, 0.3) is 34.2 Å². The lowest BCUT2D eigenvalue weighted by atomic mass is 9.98. The van der Waals surface area contributed by atoms with Crippen LogP contribution in [0, 0.1) is 11.8 Å². The number of esters is 3. The first-order chi connectivity index (χ1) is 41.5. The van der Waals surface area contributed by atoms with Crippen LogP contribution in [0.15, 0.2) is 122 Å². The van der Waals surface area contributed by atoms with Crippen molar-refractivity contribution in [1.82, 2.24) is 19.1 Å². The highest BCUT2D eigenvalue weighted by molar-refractivity contribution is 6.04. The van der Waals surface area contributed by atoms with Crippen LogP contribution in [0.3, 0.4) is 0 Å². The molecule has 10 atom stereocenters. The number of carboxylic acids is 1. The van der Waals surface area contributed by atoms with Crippen molar-refractivity contribution in [3.05, 3.63) is 155 Å². The topological polar surface area (TPSA) is 246 Å². The molecule has 2 saturated heterocycles. The fraction of sp³-hybridized carbons (Fsp3) is 0.424. The number of benzene rings is 4. The molecular formula is C66H78N4O17. The third-order valence-electron chi connectivity index (χ3n) is 15.0. The zero-order chi connectivity index (χ0) is 62.7. The first kappa shape index (κ1) is 65.0. The van der Waals surface area contributed by atoms with Crippen molar-refractivity contribution >= 4 is 58.1 Å². The van der Waals surface area contributed by atoms with E-state index in [0.717, 1.165) is 5.52 Å². The Hall–Kier alpha value is -8.02. The molecule has 2 N–H and O–H groups in total. The van der Waals surface area contributed by atoms with Crippen LogP contribution < -0.4 is 9.47 Å². The summed E-state index contributed by atoms with van der Waals surface area (Å²) in [6.07, 6.45) is 13.3. The van der Waals surface area contributed by atoms with Gasteiger partial charge in [0, 0.05) is 57.5 Å². The summed E-state index contributed by atoms with van der Waals surface area (Å²) in [6, 6.07) is 20.9. The largest absolute Gasteiger partial charge is 0.478 e. The van der Waals surface area contributed by atoms with Gasteiger partial charge in [-0.05, 0) is 96.7 Å². The molecule has 0 spiro atoms. The average Bonchev–Trinajstić information content (AvgIpc) is 2.03. The molecule has 21 heteroatoms. The van der Waals surface area contributed by atoms with Crippen molar-refractivity contribution in [2.45, 2.75) is 129 Å². The lowest BCUT2D eigenvalue weighted by molar-refractivity contribution is -0.153. The number of aliphatic hydroxyl groups excluding tert-OH is 1. The van der Waals surface area contributed by atoms with Crippen LogP contribution >= 0.6 is 0 Å². The van der Waals surface area contributed by atoms with E-state index in [0.29, 0.717) is 57.4 Å². The smallest absolute Gasteiger partial charge is 0.342 e. The number of aliphatic hydroxyl groups is 1. The number of fused-ring (bicyclic) bond motifs is 5. The molecule has 87 heavy (non-hydrogen) atoms. The molecule has 464 valence electrons. The second-order valence-electron chi connectivity index (χ2n) is 22.5. The van der Waals surface area contributed by atoms with Gasteiger partial charge in [-0.2, -0.15) is 0 Å². The molecule has 3 aliphatic rings. The number of aromatic carboxylic acids is 1. The van der Waals surface area contributed by atoms with Crippen LogP contribution in [0.5, 0.6) is 11.5 Å². The molecule has 2 fully saturated rings. The summed E-state index contributed by atoms with van der Waals surface area (Å²) in [5.41, 5.74) is 4.55. The number of hydrogen-bond donors (Lipinski definition) is 2. The van der Waals surface area contributed by atoms with Gasteiger partial charge in [-0.25, -0.2) is 29.1 Å². The highest BCUT2D eigenvalue weighted by Gasteiger charge is 2.47. The highest BCUT2D eigenvalue weighted by atomic mass is 16.8. The second kappa shape index (κ2) is 28.7. The Morgan fingerprint density at radius 1 is 0.782 bits per heavy atom. The molecule has 5 heterocycles. The first-order valence-electron chi connectivity index (χ1n) is 28.7. The first-order valence-corrected chi connectivity index (χ1v) is 28.7. The summed E-state index contributed by atoms with van der Waals surface area (Å²) >= 11 is 0. The van der Waals surface area contributed by atoms with Gasteiger partial charge in [0.25, 0.3) is 0 Å². The number of cyclic esters (lactones) is 1. The van der Waals surface area contributed by atoms with Crippen LogP contribution in [0.2, 0.25) is 0 Å². The monoisotopic (exact) mass is 1200 g/mol. The van der Waals surface area contributed by atoms with Crippen LogP contribution in [-0.2, 0) is 56.7 Å². The number of aryl methyl sites for hydroxylation is 2. The number of carboxylic acid groups (broad SMARTS) is 1. The molecule has 0 aliphatic carbocycles. The number of imidazole rings is 2. The molecule has 0 bridgehead atoms. The predicted molar refractivity (Wildman–Crippen MR) is 323 cm³/mol. The SMILES string of the molecule is COCOc1cc2c(ncn2C)c(/C=C/C[C@@H]2OC(C)(C)O[C@@H]2C(/C=C\[C@@H](C)[C@H](C)O)OC(=O)c2ccccc2)c1C(=O)O.COCOc1cc2c(ncn2C)c2c1C(=O)O[C@@H](C)[C@H](C)/C=C\C(OC(=O)c1ccccc1)[C@H]1OC(C)(C)O[C@H]1CC=C2. The molecule has 0 radical (unpaired) electrons. The molecule has 2 aromatic heterocycles. The minimum Gasteiger partial charge on any atom is -0.478 e. The van der Waals surface area contributed by atoms with Crippen LogP contribution in [0.4, 0.5) is 0 Å². The Balaban J connectivity index is 0.000000226. The zero-order valence-corrected chi connectivity index (χ0v) is 51.1. The quantitative estimate of drug-likeness (QED) is 0.0351. The summed E-state index contributed by atoms with van der Waals surface area (Å²) in [5, 5.41) is 20.2. The van der Waals surface area contributed by atoms with E-state index in [9.17, 15) is 29.4 Å². The minimum absolute atomic E-state index is 0.0466. The van der Waals surface area contributed by atoms with Crippen molar-refractivity contribution in [1.29, 1.82) is 0 Å². The van der Waals surface area contributed by atoms with Gasteiger partial charge in [0.2, 0.25) is 0 Å². The predicted octanol–water partition coefficient (Wildman–Crippen LogP) is 10.4. The Morgan fingerprint density at radius 3 is 2.01 bits per heavy atom. The standard InChI is InChI=1S/C33H40N2O9.C33H38N2O8/c1-20(21(2)36)15-16-25(42-32(39)22-11-8-7-9-12-22)30-26(43-33(3,4)44-30)14-10-13-23-28(31(37)38)27(41-19-40-6)17-24-29(23)34-18-35(24)5;1-20-15-16-25(41-31(36)22-11-8-7-9-12-22)30-26(42-33(3,4)43-30)14-10-13-23-28(32(37)40-21(20)2)27(39-19-38-6)17-24-29(23)34-18-35(24)5/h7-13,15-18,20-21,25-26,30,36H,14,19H2,1-6H3,(H,37,38);7-13,15-18,20-21,25-26,30H,14,19H2,1-6H3/b13-10+,16-15-;13-10?,16-15-/t2*20-,21+,25?,26+,30-/m11/s1. The Morgan fingerprint density at radius 2 is 1.38 bits per heavy atom. The van der Waals surface area contributed by atoms with Gasteiger partial charge in [-0.1, -0.05) is 86.7 Å². The Kier molecular flexibility index (Phi) is 21.4. The van der Waals surface area contributed by atoms with E-state index < -0.39 is 84.3 Å². The fourth-order valence-corrected chi connectivity index (χ4v) is 10.2. The van der Waals surface area contributed by atoms with E-state index in [1.54, 1.807) is 129 Å². The molecule has 0 amide bonds. The van der Waals surface area contributed by atoms with Crippen molar-refractivity contribution in [2.75, 3.05) is 27.8 Å². The molecule has 21 nitrogen and oxygen atoms in total. The fourth-order valence-electron chi connectivity index (χ4n) is 10.2. The van der Waals surface area contributed by atoms with Gasteiger partial charge in [-0.15, -0.1) is 0 Å². The van der Waals surface area contributed by atoms with E-state index >= 15 is 0 Å². The lowest BCUT2D eigenvalue weighted by Gasteiger charge is -2.25. The maximum Gasteiger partial charge on any atom is 0.342 e. The number of rotatable bonds is 18. The number of aromatic nitrogens is 4. The maximum atomic E-state index is 13.8. The molecular weight excluding hydrogens is 1120 g/mol. The number of carbonyl (C=O) groups excluding carboxylic acids is 3. The lowest BCUT2D eigenvalue weighted by Crippen LogP contribution is -2.37. The molecule has 3 aliphatic heterocycles. The minimum atomic E-state index is -1.17. The maximum absolute atomic E-state index is 13.8. The summed E-state index contributed by atoms with van der Waals surface area (Å²) in [6.45, 7) is 14.3. The van der Waals surface area contributed by atoms with Gasteiger partial charge >= 0.3 is 23.9 Å². The normalized spacial score (nSPS) is 23.2. The summed E-state index contributed by atoms with van der Waals surface area (Å²) in [4.78, 5) is 61.4. The van der Waals surface area contributed by atoms with Crippen molar-refractivity contribution in [3.8, 4) is 11.5 Å². The second-order valence-corrected chi connectivity index (χ2v) is 22.5. The molecule has 9 rings (SSSR count). The number of hydrogen-bond acceptors (Lipinski definition) is 18. The van der Waals surface area contributed by atoms with Gasteiger partial charge < -0.3 is 71.5 Å². The third-order valence-corrected chi connectivity index (χ3v) is 15.0. The number of nitrogens with zero attached hydrogens (tertiary/aromatic N) is 4. The van der Waals surface area contributed by atoms with Crippen molar-refractivity contribution < 1.29 is 81.5 Å². The van der Waals surface area contributed by atoms with Crippen molar-refractivity contribution in [3.63, 3.8) is 0 Å². The highest BCUT2D eigenvalue weighted by Crippen LogP contribution is 2.39. The summed E-state index contributed by atoms with van der Waals surface area (Å²) in [5.74, 6) is -4.57. The summed E-state index contributed by atoms with van der Waals surface area (Å²) in [7, 11) is 6.65. The zero-order valence-electron chi connectivity index (χ0n) is 51.1. The molecule has 6 aromatic rings. The average molecular weight is 1200 g/mol. The number of ether oxygens (including phenoxy) is 11. The van der Waals surface area contributed by atoms with E-state index in [1.165, 1.54) is 14.2 Å². The molecule has 4 aromatic carbocycles. The van der Waals surface area contributed by atoms with Crippen LogP contribution in [0.1, 0.15) is 121 Å². The Labute approximate surface area is 506 Å².